The number of likely N-dealkylation sites (tertiary alicyclic amines) is 1. The Balaban J connectivity index is 1.38. The Morgan fingerprint density at radius 1 is 1.18 bits per heavy atom. The first-order valence-corrected chi connectivity index (χ1v) is 11.3. The Hall–Kier alpha value is -2.95. The summed E-state index contributed by atoms with van der Waals surface area (Å²) in [6.07, 6.45) is -0.317. The third kappa shape index (κ3) is 5.57. The number of alkyl halides is 3. The van der Waals surface area contributed by atoms with Gasteiger partial charge in [0.25, 0.3) is 0 Å². The van der Waals surface area contributed by atoms with Crippen LogP contribution in [0.4, 0.5) is 13.2 Å². The number of rotatable bonds is 7. The molecule has 0 aromatic carbocycles. The molecule has 8 nitrogen and oxygen atoms in total. The van der Waals surface area contributed by atoms with Gasteiger partial charge in [0, 0.05) is 18.7 Å². The van der Waals surface area contributed by atoms with E-state index in [9.17, 15) is 27.9 Å². The lowest BCUT2D eigenvalue weighted by Gasteiger charge is -2.33. The number of ether oxygens (including phenoxy) is 1. The largest absolute Gasteiger partial charge is 0.489 e. The number of oxazole rings is 1. The molecule has 2 aromatic heterocycles. The molecule has 1 aliphatic heterocycles. The molecule has 0 spiro atoms. The van der Waals surface area contributed by atoms with Crippen LogP contribution >= 0.6 is 0 Å². The van der Waals surface area contributed by atoms with E-state index in [1.54, 1.807) is 12.1 Å². The monoisotopic (exact) mass is 481 g/mol. The van der Waals surface area contributed by atoms with Crippen molar-refractivity contribution >= 4 is 11.7 Å². The van der Waals surface area contributed by atoms with Gasteiger partial charge in [-0.05, 0) is 44.2 Å². The highest BCUT2D eigenvalue weighted by Gasteiger charge is 2.44. The number of aromatic nitrogens is 2. The summed E-state index contributed by atoms with van der Waals surface area (Å²) in [7, 11) is 0. The van der Waals surface area contributed by atoms with Crippen molar-refractivity contribution in [3.63, 3.8) is 0 Å². The molecule has 1 aliphatic carbocycles. The van der Waals surface area contributed by atoms with Crippen LogP contribution in [-0.4, -0.2) is 63.1 Å². The van der Waals surface area contributed by atoms with Crippen LogP contribution in [-0.2, 0) is 11.2 Å². The van der Waals surface area contributed by atoms with Gasteiger partial charge in [0.05, 0.1) is 30.7 Å². The number of hydrogen-bond donors (Lipinski definition) is 1. The van der Waals surface area contributed by atoms with Crippen LogP contribution in [0, 0.1) is 11.8 Å². The Morgan fingerprint density at radius 3 is 2.62 bits per heavy atom. The zero-order valence-electron chi connectivity index (χ0n) is 18.4. The summed E-state index contributed by atoms with van der Waals surface area (Å²) >= 11 is 0. The zero-order valence-corrected chi connectivity index (χ0v) is 18.4. The molecule has 1 saturated carbocycles. The number of pyridine rings is 1. The fraction of sp³-hybridized carbons (Fsp3) is 0.565. The molecule has 3 heterocycles. The van der Waals surface area contributed by atoms with Crippen molar-refractivity contribution in [2.75, 3.05) is 13.2 Å². The third-order valence-corrected chi connectivity index (χ3v) is 6.48. The summed E-state index contributed by atoms with van der Waals surface area (Å²) in [6.45, 7) is 0.126. The number of nitrogens with zero attached hydrogens (tertiary/aromatic N) is 3. The van der Waals surface area contributed by atoms with Gasteiger partial charge >= 0.3 is 6.18 Å². The predicted molar refractivity (Wildman–Crippen MR) is 112 cm³/mol. The molecular weight excluding hydrogens is 455 g/mol. The van der Waals surface area contributed by atoms with E-state index in [1.165, 1.54) is 23.6 Å². The van der Waals surface area contributed by atoms with E-state index >= 15 is 0 Å². The Bertz CT molecular complexity index is 990. The van der Waals surface area contributed by atoms with Gasteiger partial charge in [0.1, 0.15) is 24.3 Å². The molecule has 4 rings (SSSR count). The minimum atomic E-state index is -4.24. The van der Waals surface area contributed by atoms with E-state index < -0.39 is 30.2 Å². The molecule has 2 fully saturated rings. The van der Waals surface area contributed by atoms with Gasteiger partial charge in [-0.15, -0.1) is 0 Å². The fourth-order valence-electron chi connectivity index (χ4n) is 4.69. The fourth-order valence-corrected chi connectivity index (χ4v) is 4.69. The average molecular weight is 481 g/mol. The Kier molecular flexibility index (Phi) is 7.20. The van der Waals surface area contributed by atoms with Gasteiger partial charge in [-0.1, -0.05) is 0 Å². The van der Waals surface area contributed by atoms with Crippen molar-refractivity contribution in [2.45, 2.75) is 56.8 Å². The van der Waals surface area contributed by atoms with Crippen molar-refractivity contribution in [1.82, 2.24) is 14.9 Å². The van der Waals surface area contributed by atoms with Crippen LogP contribution in [0.25, 0.3) is 0 Å². The molecule has 2 aliphatic rings. The van der Waals surface area contributed by atoms with Crippen molar-refractivity contribution in [3.05, 3.63) is 42.4 Å². The SMILES string of the molecule is O=C(Cc1ncco1)c1ncccc1OC[C@H]1C[C@@H](O)CN1C(=O)C1CCC(C(F)(F)F)CC1. The average Bonchev–Trinajstić information content (AvgIpc) is 3.46. The smallest absolute Gasteiger partial charge is 0.391 e. The minimum absolute atomic E-state index is 0.0195. The van der Waals surface area contributed by atoms with Crippen LogP contribution in [0.1, 0.15) is 48.5 Å². The first-order chi connectivity index (χ1) is 16.2. The van der Waals surface area contributed by atoms with Gasteiger partial charge in [0.15, 0.2) is 5.78 Å². The van der Waals surface area contributed by atoms with Crippen LogP contribution in [0.2, 0.25) is 0 Å². The summed E-state index contributed by atoms with van der Waals surface area (Å²) in [6, 6.07) is 2.74. The quantitative estimate of drug-likeness (QED) is 0.606. The van der Waals surface area contributed by atoms with Gasteiger partial charge in [-0.2, -0.15) is 13.2 Å². The molecule has 0 unspecified atom stereocenters. The summed E-state index contributed by atoms with van der Waals surface area (Å²) in [5.41, 5.74) is 0.0996. The number of carbonyl (C=O) groups excluding carboxylic acids is 2. The molecule has 2 atom stereocenters. The summed E-state index contributed by atoms with van der Waals surface area (Å²) in [4.78, 5) is 35.2. The summed E-state index contributed by atoms with van der Waals surface area (Å²) in [5.74, 6) is -1.98. The normalized spacial score (nSPS) is 25.4. The molecule has 2 aromatic rings. The van der Waals surface area contributed by atoms with Crippen LogP contribution < -0.4 is 4.74 Å². The van der Waals surface area contributed by atoms with Gasteiger partial charge in [-0.3, -0.25) is 9.59 Å². The standard InChI is InChI=1S/C23H26F3N3O5/c24-23(25,26)15-5-3-14(4-6-15)22(32)29-12-17(30)10-16(29)13-34-19-2-1-7-28-21(19)18(31)11-20-27-8-9-33-20/h1-2,7-9,14-17,30H,3-6,10-13H2/t14?,15?,16-,17-/m1/s1. The second-order valence-electron chi connectivity index (χ2n) is 8.81. The molecule has 184 valence electrons. The lowest BCUT2D eigenvalue weighted by molar-refractivity contribution is -0.185. The number of Topliss-reactive ketones (excluding diaryl/α,β-unsaturated/α-hetero) is 1. The number of β-amino-alcohol motifs (C(OH)–C–C–N with tert-alkyl or cyclic N) is 1. The van der Waals surface area contributed by atoms with Gasteiger partial charge in [-0.25, -0.2) is 9.97 Å². The predicted octanol–water partition coefficient (Wildman–Crippen LogP) is 3.20. The van der Waals surface area contributed by atoms with E-state index in [1.807, 2.05) is 0 Å². The summed E-state index contributed by atoms with van der Waals surface area (Å²) in [5, 5.41) is 10.2. The van der Waals surface area contributed by atoms with Crippen LogP contribution in [0.5, 0.6) is 5.75 Å². The molecule has 34 heavy (non-hydrogen) atoms. The molecule has 1 N–H and O–H groups in total. The maximum Gasteiger partial charge on any atom is 0.391 e. The topological polar surface area (TPSA) is 106 Å². The first kappa shape index (κ1) is 24.2. The van der Waals surface area contributed by atoms with E-state index in [0.717, 1.165) is 0 Å². The Labute approximate surface area is 194 Å². The maximum atomic E-state index is 13.1. The second kappa shape index (κ2) is 10.1. The van der Waals surface area contributed by atoms with Crippen LogP contribution in [0.3, 0.4) is 0 Å². The zero-order chi connectivity index (χ0) is 24.3. The first-order valence-electron chi connectivity index (χ1n) is 11.3. The van der Waals surface area contributed by atoms with Crippen molar-refractivity contribution in [3.8, 4) is 5.75 Å². The second-order valence-corrected chi connectivity index (χ2v) is 8.81. The molecule has 0 radical (unpaired) electrons. The molecular formula is C23H26F3N3O5. The summed E-state index contributed by atoms with van der Waals surface area (Å²) < 4.78 is 49.8. The van der Waals surface area contributed by atoms with E-state index in [2.05, 4.69) is 9.97 Å². The molecule has 1 amide bonds. The molecule has 1 saturated heterocycles. The lowest BCUT2D eigenvalue weighted by atomic mass is 9.81. The van der Waals surface area contributed by atoms with E-state index in [0.29, 0.717) is 0 Å². The highest BCUT2D eigenvalue weighted by Crippen LogP contribution is 2.40. The number of amides is 1. The van der Waals surface area contributed by atoms with Crippen molar-refractivity contribution in [2.24, 2.45) is 11.8 Å². The van der Waals surface area contributed by atoms with Crippen molar-refractivity contribution in [1.29, 1.82) is 0 Å². The molecule has 11 heteroatoms. The molecule has 0 bridgehead atoms. The Morgan fingerprint density at radius 2 is 1.94 bits per heavy atom. The van der Waals surface area contributed by atoms with E-state index in [4.69, 9.17) is 9.15 Å². The number of ketones is 1. The highest BCUT2D eigenvalue weighted by atomic mass is 19.4. The number of aliphatic hydroxyl groups is 1. The van der Waals surface area contributed by atoms with E-state index in [-0.39, 0.29) is 80.7 Å². The lowest BCUT2D eigenvalue weighted by Crippen LogP contribution is -2.44. The van der Waals surface area contributed by atoms with Gasteiger partial charge < -0.3 is 19.2 Å². The van der Waals surface area contributed by atoms with Crippen LogP contribution in [0.15, 0.2) is 35.2 Å². The highest BCUT2D eigenvalue weighted by molar-refractivity contribution is 5.97. The minimum Gasteiger partial charge on any atom is -0.489 e. The number of halogens is 3. The number of hydrogen-bond acceptors (Lipinski definition) is 7. The van der Waals surface area contributed by atoms with Crippen molar-refractivity contribution < 1.29 is 37.0 Å². The third-order valence-electron chi connectivity index (χ3n) is 6.48. The number of carbonyl (C=O) groups is 2. The van der Waals surface area contributed by atoms with Gasteiger partial charge in [0.2, 0.25) is 11.8 Å². The maximum absolute atomic E-state index is 13.1. The number of aliphatic hydroxyl groups excluding tert-OH is 1.